The molecular weight excluding hydrogens is 262 g/mol. The van der Waals surface area contributed by atoms with E-state index in [-0.39, 0.29) is 5.56 Å². The topological polar surface area (TPSA) is 46.0 Å². The smallest absolute Gasteiger partial charge is 0.132 e. The molecule has 1 N–H and O–H groups in total. The van der Waals surface area contributed by atoms with E-state index in [1.54, 1.807) is 24.4 Å². The van der Waals surface area contributed by atoms with Gasteiger partial charge in [0.25, 0.3) is 0 Å². The summed E-state index contributed by atoms with van der Waals surface area (Å²) in [4.78, 5) is 8.20. The number of fused-ring (bicyclic) bond motifs is 1. The summed E-state index contributed by atoms with van der Waals surface area (Å²) in [6, 6.07) is 8.28. The maximum Gasteiger partial charge on any atom is 0.132 e. The van der Waals surface area contributed by atoms with E-state index in [0.29, 0.717) is 16.6 Å². The first-order chi connectivity index (χ1) is 9.66. The summed E-state index contributed by atoms with van der Waals surface area (Å²) in [6.07, 6.45) is 1.68. The van der Waals surface area contributed by atoms with Crippen molar-refractivity contribution in [2.75, 3.05) is 0 Å². The third-order valence-corrected chi connectivity index (χ3v) is 3.08. The molecule has 2 aromatic carbocycles. The Balaban J connectivity index is 2.10. The highest BCUT2D eigenvalue weighted by molar-refractivity contribution is 5.74. The Kier molecular flexibility index (Phi) is 3.12. The van der Waals surface area contributed by atoms with Crippen LogP contribution in [-0.2, 0) is 0 Å². The molecule has 1 atom stereocenters. The first kappa shape index (κ1) is 12.6. The van der Waals surface area contributed by atoms with Gasteiger partial charge in [-0.15, -0.1) is 0 Å². The van der Waals surface area contributed by atoms with E-state index in [1.807, 2.05) is 0 Å². The zero-order valence-electron chi connectivity index (χ0n) is 10.3. The van der Waals surface area contributed by atoms with Gasteiger partial charge >= 0.3 is 0 Å². The number of aliphatic hydroxyl groups excluding tert-OH is 1. The van der Waals surface area contributed by atoms with Crippen molar-refractivity contribution in [3.63, 3.8) is 0 Å². The van der Waals surface area contributed by atoms with Gasteiger partial charge < -0.3 is 5.11 Å². The number of aromatic nitrogens is 2. The van der Waals surface area contributed by atoms with Crippen molar-refractivity contribution < 1.29 is 13.9 Å². The van der Waals surface area contributed by atoms with Crippen molar-refractivity contribution in [1.29, 1.82) is 0 Å². The van der Waals surface area contributed by atoms with Crippen LogP contribution in [0.2, 0.25) is 0 Å². The maximum atomic E-state index is 13.7. The van der Waals surface area contributed by atoms with Gasteiger partial charge in [0.05, 0.1) is 16.6 Å². The second kappa shape index (κ2) is 4.94. The number of nitrogens with zero attached hydrogens (tertiary/aromatic N) is 2. The third-order valence-electron chi connectivity index (χ3n) is 3.08. The molecular formula is C15H10F2N2O. The zero-order valence-corrected chi connectivity index (χ0v) is 10.3. The van der Waals surface area contributed by atoms with Crippen molar-refractivity contribution in [2.45, 2.75) is 6.10 Å². The largest absolute Gasteiger partial charge is 0.383 e. The second-order valence-corrected chi connectivity index (χ2v) is 4.34. The van der Waals surface area contributed by atoms with E-state index >= 15 is 0 Å². The van der Waals surface area contributed by atoms with Crippen molar-refractivity contribution in [2.24, 2.45) is 0 Å². The van der Waals surface area contributed by atoms with Crippen LogP contribution in [0.25, 0.3) is 11.0 Å². The molecule has 5 heteroatoms. The minimum absolute atomic E-state index is 0.363. The van der Waals surface area contributed by atoms with E-state index in [4.69, 9.17) is 0 Å². The molecule has 1 heterocycles. The minimum atomic E-state index is -1.39. The molecule has 3 nitrogen and oxygen atoms in total. The number of aliphatic hydroxyl groups is 1. The molecule has 0 aliphatic rings. The van der Waals surface area contributed by atoms with Crippen LogP contribution in [-0.4, -0.2) is 15.1 Å². The summed E-state index contributed by atoms with van der Waals surface area (Å²) in [6.45, 7) is 0. The molecule has 0 aliphatic heterocycles. The van der Waals surface area contributed by atoms with Gasteiger partial charge in [-0.3, -0.25) is 9.97 Å². The van der Waals surface area contributed by atoms with Gasteiger partial charge in [-0.1, -0.05) is 12.1 Å². The Bertz CT molecular complexity index is 756. The van der Waals surface area contributed by atoms with Crippen molar-refractivity contribution >= 4 is 11.0 Å². The Morgan fingerprint density at radius 3 is 2.25 bits per heavy atom. The van der Waals surface area contributed by atoms with E-state index in [2.05, 4.69) is 9.97 Å². The molecule has 20 heavy (non-hydrogen) atoms. The van der Waals surface area contributed by atoms with Crippen molar-refractivity contribution in [3.05, 3.63) is 71.6 Å². The summed E-state index contributed by atoms with van der Waals surface area (Å²) < 4.78 is 27.3. The normalized spacial score (nSPS) is 12.6. The van der Waals surface area contributed by atoms with Crippen LogP contribution >= 0.6 is 0 Å². The van der Waals surface area contributed by atoms with E-state index in [9.17, 15) is 13.9 Å². The molecule has 100 valence electrons. The first-order valence-corrected chi connectivity index (χ1v) is 5.99. The molecule has 1 unspecified atom stereocenters. The fraction of sp³-hybridized carbons (Fsp3) is 0.0667. The molecule has 0 bridgehead atoms. The average Bonchev–Trinajstić information content (AvgIpc) is 2.46. The number of hydrogen-bond donors (Lipinski definition) is 1. The molecule has 0 radical (unpaired) electrons. The number of hydrogen-bond acceptors (Lipinski definition) is 3. The molecule has 3 aromatic rings. The van der Waals surface area contributed by atoms with Crippen molar-refractivity contribution in [1.82, 2.24) is 9.97 Å². The number of halogens is 2. The van der Waals surface area contributed by atoms with Gasteiger partial charge in [-0.2, -0.15) is 0 Å². The van der Waals surface area contributed by atoms with Crippen LogP contribution in [0.5, 0.6) is 0 Å². The van der Waals surface area contributed by atoms with Gasteiger partial charge in [0.2, 0.25) is 0 Å². The van der Waals surface area contributed by atoms with E-state index < -0.39 is 17.7 Å². The quantitative estimate of drug-likeness (QED) is 0.780. The second-order valence-electron chi connectivity index (χ2n) is 4.34. The molecule has 0 saturated carbocycles. The molecule has 0 aliphatic carbocycles. The lowest BCUT2D eigenvalue weighted by molar-refractivity contribution is 0.209. The van der Waals surface area contributed by atoms with Crippen molar-refractivity contribution in [3.8, 4) is 0 Å². The summed E-state index contributed by atoms with van der Waals surface area (Å²) in [5.74, 6) is -1.56. The summed E-state index contributed by atoms with van der Waals surface area (Å²) in [5.41, 5.74) is 1.20. The average molecular weight is 272 g/mol. The van der Waals surface area contributed by atoms with Crippen LogP contribution in [0.1, 0.15) is 17.2 Å². The van der Waals surface area contributed by atoms with E-state index in [1.165, 1.54) is 12.3 Å². The van der Waals surface area contributed by atoms with Crippen LogP contribution in [0.4, 0.5) is 8.78 Å². The van der Waals surface area contributed by atoms with Gasteiger partial charge in [-0.25, -0.2) is 8.78 Å². The standard InChI is InChI=1S/C15H10F2N2O/c16-10-2-1-3-11(17)14(10)15(20)9-4-5-12-13(8-9)19-7-6-18-12/h1-8,15,20H. The summed E-state index contributed by atoms with van der Waals surface area (Å²) in [7, 11) is 0. The van der Waals surface area contributed by atoms with Crippen LogP contribution in [0, 0.1) is 11.6 Å². The first-order valence-electron chi connectivity index (χ1n) is 5.99. The lowest BCUT2D eigenvalue weighted by atomic mass is 10.00. The highest BCUT2D eigenvalue weighted by Gasteiger charge is 2.19. The Hall–Kier alpha value is -2.40. The molecule has 3 rings (SSSR count). The molecule has 0 spiro atoms. The predicted octanol–water partition coefficient (Wildman–Crippen LogP) is 2.99. The lowest BCUT2D eigenvalue weighted by Crippen LogP contribution is -2.05. The fourth-order valence-electron chi connectivity index (χ4n) is 2.09. The molecule has 1 aromatic heterocycles. The highest BCUT2D eigenvalue weighted by Crippen LogP contribution is 2.28. The van der Waals surface area contributed by atoms with Gasteiger partial charge in [0.1, 0.15) is 17.7 Å². The minimum Gasteiger partial charge on any atom is -0.383 e. The maximum absolute atomic E-state index is 13.7. The van der Waals surface area contributed by atoms with Crippen LogP contribution in [0.3, 0.4) is 0 Å². The third kappa shape index (κ3) is 2.12. The Labute approximate surface area is 113 Å². The Morgan fingerprint density at radius 1 is 0.900 bits per heavy atom. The van der Waals surface area contributed by atoms with Gasteiger partial charge in [-0.05, 0) is 29.8 Å². The lowest BCUT2D eigenvalue weighted by Gasteiger charge is -2.13. The zero-order chi connectivity index (χ0) is 14.1. The van der Waals surface area contributed by atoms with Gasteiger partial charge in [0, 0.05) is 12.4 Å². The van der Waals surface area contributed by atoms with Gasteiger partial charge in [0.15, 0.2) is 0 Å². The fourth-order valence-corrected chi connectivity index (χ4v) is 2.09. The van der Waals surface area contributed by atoms with Crippen LogP contribution in [0.15, 0.2) is 48.8 Å². The predicted molar refractivity (Wildman–Crippen MR) is 70.0 cm³/mol. The summed E-state index contributed by atoms with van der Waals surface area (Å²) in [5, 5.41) is 10.2. The summed E-state index contributed by atoms with van der Waals surface area (Å²) >= 11 is 0. The molecule has 0 fully saturated rings. The van der Waals surface area contributed by atoms with Crippen LogP contribution < -0.4 is 0 Å². The SMILES string of the molecule is OC(c1ccc2nccnc2c1)c1c(F)cccc1F. The Morgan fingerprint density at radius 2 is 1.55 bits per heavy atom. The highest BCUT2D eigenvalue weighted by atomic mass is 19.1. The monoisotopic (exact) mass is 272 g/mol. The van der Waals surface area contributed by atoms with E-state index in [0.717, 1.165) is 12.1 Å². The molecule has 0 saturated heterocycles. The number of rotatable bonds is 2. The number of benzene rings is 2. The molecule has 0 amide bonds.